The van der Waals surface area contributed by atoms with E-state index < -0.39 is 0 Å². The number of hydrogen-bond donors (Lipinski definition) is 2. The lowest BCUT2D eigenvalue weighted by molar-refractivity contribution is 0.120. The highest BCUT2D eigenvalue weighted by Crippen LogP contribution is 2.29. The largest absolute Gasteiger partial charge is 0.254 e. The van der Waals surface area contributed by atoms with Crippen LogP contribution in [0.1, 0.15) is 32.6 Å². The van der Waals surface area contributed by atoms with Crippen molar-refractivity contribution in [3.05, 3.63) is 0 Å². The van der Waals surface area contributed by atoms with Gasteiger partial charge in [-0.1, -0.05) is 13.3 Å². The minimum atomic E-state index is 0.773. The van der Waals surface area contributed by atoms with Gasteiger partial charge >= 0.3 is 0 Å². The van der Waals surface area contributed by atoms with Crippen LogP contribution in [-0.4, -0.2) is 12.1 Å². The zero-order valence-electron chi connectivity index (χ0n) is 6.56. The molecule has 2 saturated heterocycles. The Morgan fingerprint density at radius 2 is 2.20 bits per heavy atom. The summed E-state index contributed by atoms with van der Waals surface area (Å²) in [4.78, 5) is 0. The summed E-state index contributed by atoms with van der Waals surface area (Å²) < 4.78 is 0. The van der Waals surface area contributed by atoms with Crippen LogP contribution in [-0.2, 0) is 0 Å². The summed E-state index contributed by atoms with van der Waals surface area (Å²) in [6.07, 6.45) is 5.51. The molecule has 2 aliphatic heterocycles. The molecule has 2 unspecified atom stereocenters. The summed E-state index contributed by atoms with van der Waals surface area (Å²) in [6.45, 7) is 2.30. The van der Waals surface area contributed by atoms with E-state index in [1.54, 1.807) is 0 Å². The average molecular weight is 140 g/mol. The summed E-state index contributed by atoms with van der Waals surface area (Å²) >= 11 is 0. The second kappa shape index (κ2) is 2.51. The molecule has 3 fully saturated rings. The van der Waals surface area contributed by atoms with E-state index >= 15 is 0 Å². The topological polar surface area (TPSA) is 24.1 Å². The van der Waals surface area contributed by atoms with E-state index in [4.69, 9.17) is 0 Å². The molecule has 1 aliphatic carbocycles. The van der Waals surface area contributed by atoms with Crippen LogP contribution in [0.25, 0.3) is 0 Å². The Balaban J connectivity index is 2.01. The number of fused-ring (bicyclic) bond motifs is 3. The SMILES string of the molecule is CC[C@@H]1CC2CCC1NN2. The fraction of sp³-hybridized carbons (Fsp3) is 1.00. The van der Waals surface area contributed by atoms with Gasteiger partial charge in [-0.3, -0.25) is 10.9 Å². The van der Waals surface area contributed by atoms with Crippen LogP contribution in [0, 0.1) is 5.92 Å². The van der Waals surface area contributed by atoms with Gasteiger partial charge in [0.05, 0.1) is 0 Å². The highest BCUT2D eigenvalue weighted by Gasteiger charge is 2.33. The Hall–Kier alpha value is -0.0800. The molecule has 0 radical (unpaired) electrons. The predicted molar refractivity (Wildman–Crippen MR) is 41.5 cm³/mol. The van der Waals surface area contributed by atoms with Crippen molar-refractivity contribution in [2.75, 3.05) is 0 Å². The lowest BCUT2D eigenvalue weighted by Crippen LogP contribution is -2.60. The van der Waals surface area contributed by atoms with Crippen molar-refractivity contribution in [3.8, 4) is 0 Å². The Morgan fingerprint density at radius 3 is 2.50 bits per heavy atom. The Bertz CT molecular complexity index is 116. The van der Waals surface area contributed by atoms with E-state index in [0.29, 0.717) is 0 Å². The van der Waals surface area contributed by atoms with Gasteiger partial charge < -0.3 is 0 Å². The highest BCUT2D eigenvalue weighted by molar-refractivity contribution is 4.90. The highest BCUT2D eigenvalue weighted by atomic mass is 15.4. The van der Waals surface area contributed by atoms with Crippen molar-refractivity contribution in [2.45, 2.75) is 44.7 Å². The fourth-order valence-electron chi connectivity index (χ4n) is 2.26. The van der Waals surface area contributed by atoms with Gasteiger partial charge in [0.1, 0.15) is 0 Å². The van der Waals surface area contributed by atoms with Crippen LogP contribution in [0.15, 0.2) is 0 Å². The van der Waals surface area contributed by atoms with E-state index in [9.17, 15) is 0 Å². The van der Waals surface area contributed by atoms with E-state index in [1.807, 2.05) is 0 Å². The third kappa shape index (κ3) is 0.956. The monoisotopic (exact) mass is 140 g/mol. The third-order valence-electron chi connectivity index (χ3n) is 2.98. The van der Waals surface area contributed by atoms with Crippen molar-refractivity contribution in [1.82, 2.24) is 10.9 Å². The van der Waals surface area contributed by atoms with E-state index in [-0.39, 0.29) is 0 Å². The molecule has 0 aromatic heterocycles. The van der Waals surface area contributed by atoms with Gasteiger partial charge in [0.2, 0.25) is 0 Å². The number of nitrogens with one attached hydrogen (secondary N) is 2. The molecule has 2 heteroatoms. The molecular formula is C8H16N2. The van der Waals surface area contributed by atoms with Crippen LogP contribution in [0.5, 0.6) is 0 Å². The Labute approximate surface area is 62.4 Å². The molecule has 2 bridgehead atoms. The first-order valence-corrected chi connectivity index (χ1v) is 4.41. The average Bonchev–Trinajstić information content (AvgIpc) is 2.06. The van der Waals surface area contributed by atoms with Crippen LogP contribution >= 0.6 is 0 Å². The summed E-state index contributed by atoms with van der Waals surface area (Å²) in [5.41, 5.74) is 6.70. The van der Waals surface area contributed by atoms with Crippen molar-refractivity contribution >= 4 is 0 Å². The second-order valence-corrected chi connectivity index (χ2v) is 3.57. The van der Waals surface area contributed by atoms with Gasteiger partial charge in [0.15, 0.2) is 0 Å². The zero-order valence-corrected chi connectivity index (χ0v) is 6.56. The van der Waals surface area contributed by atoms with Crippen LogP contribution in [0.3, 0.4) is 0 Å². The van der Waals surface area contributed by atoms with Gasteiger partial charge in [0, 0.05) is 12.1 Å². The summed E-state index contributed by atoms with van der Waals surface area (Å²) in [5.74, 6) is 0.944. The Morgan fingerprint density at radius 1 is 1.30 bits per heavy atom. The molecule has 2 N–H and O–H groups in total. The third-order valence-corrected chi connectivity index (χ3v) is 2.98. The molecule has 2 heterocycles. The lowest BCUT2D eigenvalue weighted by Gasteiger charge is -2.43. The molecule has 2 nitrogen and oxygen atoms in total. The zero-order chi connectivity index (χ0) is 6.97. The normalized spacial score (nSPS) is 45.9. The van der Waals surface area contributed by atoms with Crippen molar-refractivity contribution in [2.24, 2.45) is 5.92 Å². The lowest BCUT2D eigenvalue weighted by atomic mass is 9.79. The quantitative estimate of drug-likeness (QED) is 0.568. The van der Waals surface area contributed by atoms with Crippen LogP contribution in [0.2, 0.25) is 0 Å². The molecule has 1 saturated carbocycles. The molecule has 0 aromatic rings. The maximum absolute atomic E-state index is 3.37. The van der Waals surface area contributed by atoms with Crippen molar-refractivity contribution in [3.63, 3.8) is 0 Å². The van der Waals surface area contributed by atoms with Crippen molar-refractivity contribution < 1.29 is 0 Å². The van der Waals surface area contributed by atoms with Crippen molar-refractivity contribution in [1.29, 1.82) is 0 Å². The van der Waals surface area contributed by atoms with E-state index in [2.05, 4.69) is 17.8 Å². The van der Waals surface area contributed by atoms with Gasteiger partial charge in [-0.05, 0) is 25.2 Å². The van der Waals surface area contributed by atoms with E-state index in [1.165, 1.54) is 25.7 Å². The van der Waals surface area contributed by atoms with E-state index in [0.717, 1.165) is 18.0 Å². The number of hydrogen-bond acceptors (Lipinski definition) is 2. The maximum Gasteiger partial charge on any atom is 0.0242 e. The summed E-state index contributed by atoms with van der Waals surface area (Å²) in [5, 5.41) is 0. The summed E-state index contributed by atoms with van der Waals surface area (Å²) in [6, 6.07) is 1.55. The molecule has 0 spiro atoms. The molecule has 10 heavy (non-hydrogen) atoms. The minimum absolute atomic E-state index is 0.773. The van der Waals surface area contributed by atoms with Gasteiger partial charge in [-0.25, -0.2) is 0 Å². The first-order chi connectivity index (χ1) is 4.90. The molecule has 0 amide bonds. The maximum atomic E-state index is 3.37. The minimum Gasteiger partial charge on any atom is -0.254 e. The predicted octanol–water partition coefficient (Wildman–Crippen LogP) is 1.04. The van der Waals surface area contributed by atoms with Crippen LogP contribution < -0.4 is 10.9 Å². The number of rotatable bonds is 1. The Kier molecular flexibility index (Phi) is 1.66. The van der Waals surface area contributed by atoms with Gasteiger partial charge in [-0.2, -0.15) is 0 Å². The number of hydrazine groups is 1. The molecule has 3 atom stereocenters. The van der Waals surface area contributed by atoms with Gasteiger partial charge in [-0.15, -0.1) is 0 Å². The molecular weight excluding hydrogens is 124 g/mol. The molecule has 58 valence electrons. The fourth-order valence-corrected chi connectivity index (χ4v) is 2.26. The smallest absolute Gasteiger partial charge is 0.0242 e. The second-order valence-electron chi connectivity index (χ2n) is 3.57. The molecule has 3 rings (SSSR count). The summed E-state index contributed by atoms with van der Waals surface area (Å²) in [7, 11) is 0. The first-order valence-electron chi connectivity index (χ1n) is 4.41. The first kappa shape index (κ1) is 6.62. The molecule has 0 aromatic carbocycles. The van der Waals surface area contributed by atoms with Crippen LogP contribution in [0.4, 0.5) is 0 Å². The molecule has 3 aliphatic rings. The van der Waals surface area contributed by atoms with Gasteiger partial charge in [0.25, 0.3) is 0 Å². The standard InChI is InChI=1S/C8H16N2/c1-2-6-5-7-3-4-8(6)10-9-7/h6-10H,2-5H2,1H3/t6-,7?,8?/m1/s1.